The number of carbonyl (C=O) groups excluding carboxylic acids is 1. The Bertz CT molecular complexity index is 1050. The topological polar surface area (TPSA) is 98.3 Å². The minimum atomic E-state index is -0.451. The Kier molecular flexibility index (Phi) is 7.18. The van der Waals surface area contributed by atoms with E-state index in [1.807, 2.05) is 4.57 Å². The molecule has 32 heavy (non-hydrogen) atoms. The van der Waals surface area contributed by atoms with Gasteiger partial charge in [0.05, 0.1) is 24.2 Å². The molecule has 9 nitrogen and oxygen atoms in total. The Morgan fingerprint density at radius 3 is 2.66 bits per heavy atom. The van der Waals surface area contributed by atoms with E-state index in [2.05, 4.69) is 25.6 Å². The lowest BCUT2D eigenvalue weighted by atomic mass is 10.2. The van der Waals surface area contributed by atoms with Gasteiger partial charge < -0.3 is 13.8 Å². The summed E-state index contributed by atoms with van der Waals surface area (Å²) in [4.78, 5) is 14.9. The van der Waals surface area contributed by atoms with E-state index in [1.54, 1.807) is 32.0 Å². The third-order valence-electron chi connectivity index (χ3n) is 5.09. The normalized spacial score (nSPS) is 15.6. The lowest BCUT2D eigenvalue weighted by molar-refractivity contribution is -0.115. The second-order valence-corrected chi connectivity index (χ2v) is 8.81. The highest BCUT2D eigenvalue weighted by Crippen LogP contribution is 2.28. The molecule has 1 amide bonds. The maximum absolute atomic E-state index is 13.4. The zero-order chi connectivity index (χ0) is 22.5. The Morgan fingerprint density at radius 2 is 1.97 bits per heavy atom. The molecule has 1 aromatic carbocycles. The lowest BCUT2D eigenvalue weighted by Crippen LogP contribution is -2.38. The van der Waals surface area contributed by atoms with Crippen molar-refractivity contribution in [3.05, 3.63) is 41.8 Å². The number of aromatic nitrogens is 4. The van der Waals surface area contributed by atoms with Crippen LogP contribution in [-0.4, -0.2) is 68.8 Å². The van der Waals surface area contributed by atoms with E-state index in [9.17, 15) is 9.18 Å². The highest BCUT2D eigenvalue weighted by atomic mass is 32.2. The monoisotopic (exact) mass is 460 g/mol. The molecule has 3 heterocycles. The fourth-order valence-electron chi connectivity index (χ4n) is 3.31. The zero-order valence-corrected chi connectivity index (χ0v) is 18.8. The number of hydrogen-bond acceptors (Lipinski definition) is 8. The Morgan fingerprint density at radius 1 is 1.22 bits per heavy atom. The molecule has 1 N–H and O–H groups in total. The molecule has 4 rings (SSSR count). The second kappa shape index (κ2) is 10.2. The van der Waals surface area contributed by atoms with E-state index in [-0.39, 0.29) is 11.7 Å². The molecular weight excluding hydrogens is 435 g/mol. The van der Waals surface area contributed by atoms with Gasteiger partial charge in [0.15, 0.2) is 11.0 Å². The molecule has 3 aromatic rings. The second-order valence-electron chi connectivity index (χ2n) is 7.50. The van der Waals surface area contributed by atoms with Crippen LogP contribution in [0.2, 0.25) is 0 Å². The molecule has 1 aliphatic rings. The van der Waals surface area contributed by atoms with E-state index in [0.29, 0.717) is 42.3 Å². The van der Waals surface area contributed by atoms with Gasteiger partial charge in [-0.05, 0) is 38.1 Å². The first-order valence-corrected chi connectivity index (χ1v) is 11.3. The van der Waals surface area contributed by atoms with Crippen LogP contribution < -0.4 is 5.32 Å². The van der Waals surface area contributed by atoms with Gasteiger partial charge >= 0.3 is 0 Å². The number of halogens is 1. The van der Waals surface area contributed by atoms with E-state index < -0.39 is 5.25 Å². The summed E-state index contributed by atoms with van der Waals surface area (Å²) in [5.41, 5.74) is 1.45. The van der Waals surface area contributed by atoms with Gasteiger partial charge in [0.2, 0.25) is 11.8 Å². The first-order chi connectivity index (χ1) is 15.5. The van der Waals surface area contributed by atoms with Crippen LogP contribution in [0.1, 0.15) is 12.6 Å². The average Bonchev–Trinajstić information content (AvgIpc) is 3.39. The van der Waals surface area contributed by atoms with Crippen molar-refractivity contribution in [2.24, 2.45) is 0 Å². The molecule has 2 aromatic heterocycles. The van der Waals surface area contributed by atoms with Crippen molar-refractivity contribution in [3.63, 3.8) is 0 Å². The maximum atomic E-state index is 13.4. The van der Waals surface area contributed by atoms with Crippen molar-refractivity contribution in [1.82, 2.24) is 24.8 Å². The number of hydrogen-bond donors (Lipinski definition) is 1. The molecule has 0 aliphatic carbocycles. The molecule has 0 spiro atoms. The SMILES string of the molecule is Cc1cc(NC(=O)C(C)Sc2nnc(-c3ccc(F)cc3)n2CCN2CCOCC2)on1. The van der Waals surface area contributed by atoms with Crippen LogP contribution in [0, 0.1) is 12.7 Å². The minimum absolute atomic E-state index is 0.225. The number of benzene rings is 1. The molecule has 0 radical (unpaired) electrons. The predicted molar refractivity (Wildman–Crippen MR) is 118 cm³/mol. The first kappa shape index (κ1) is 22.4. The average molecular weight is 461 g/mol. The quantitative estimate of drug-likeness (QED) is 0.513. The number of anilines is 1. The zero-order valence-electron chi connectivity index (χ0n) is 18.0. The van der Waals surface area contributed by atoms with Crippen molar-refractivity contribution in [2.75, 3.05) is 38.2 Å². The lowest BCUT2D eigenvalue weighted by Gasteiger charge is -2.27. The minimum Gasteiger partial charge on any atom is -0.379 e. The van der Waals surface area contributed by atoms with Gasteiger partial charge in [0, 0.05) is 37.8 Å². The third-order valence-corrected chi connectivity index (χ3v) is 6.17. The van der Waals surface area contributed by atoms with Crippen molar-refractivity contribution < 1.29 is 18.4 Å². The van der Waals surface area contributed by atoms with E-state index >= 15 is 0 Å². The fourth-order valence-corrected chi connectivity index (χ4v) is 4.19. The van der Waals surface area contributed by atoms with Gasteiger partial charge in [-0.2, -0.15) is 0 Å². The fraction of sp³-hybridized carbons (Fsp3) is 0.429. The summed E-state index contributed by atoms with van der Waals surface area (Å²) in [5, 5.41) is 15.3. The number of morpholine rings is 1. The van der Waals surface area contributed by atoms with Crippen LogP contribution in [0.25, 0.3) is 11.4 Å². The van der Waals surface area contributed by atoms with Crippen LogP contribution in [0.15, 0.2) is 40.0 Å². The van der Waals surface area contributed by atoms with E-state index in [0.717, 1.165) is 25.2 Å². The summed E-state index contributed by atoms with van der Waals surface area (Å²) >= 11 is 1.31. The smallest absolute Gasteiger partial charge is 0.240 e. The highest BCUT2D eigenvalue weighted by molar-refractivity contribution is 8.00. The summed E-state index contributed by atoms with van der Waals surface area (Å²) in [7, 11) is 0. The standard InChI is InChI=1S/C21H25FN6O3S/c1-14-13-18(31-26-14)23-20(29)15(2)32-21-25-24-19(16-3-5-17(22)6-4-16)28(21)8-7-27-9-11-30-12-10-27/h3-6,13,15H,7-12H2,1-2H3,(H,23,29). The third kappa shape index (κ3) is 5.53. The number of rotatable bonds is 8. The number of nitrogens with one attached hydrogen (secondary N) is 1. The molecule has 1 unspecified atom stereocenters. The van der Waals surface area contributed by atoms with Gasteiger partial charge in [-0.25, -0.2) is 4.39 Å². The molecule has 1 fully saturated rings. The van der Waals surface area contributed by atoms with Gasteiger partial charge in [0.25, 0.3) is 0 Å². The van der Waals surface area contributed by atoms with Gasteiger partial charge in [-0.3, -0.25) is 15.0 Å². The van der Waals surface area contributed by atoms with Crippen LogP contribution in [0.4, 0.5) is 10.3 Å². The van der Waals surface area contributed by atoms with Crippen LogP contribution in [0.3, 0.4) is 0 Å². The van der Waals surface area contributed by atoms with E-state index in [4.69, 9.17) is 9.26 Å². The Labute approximate surface area is 189 Å². The Hall–Kier alpha value is -2.76. The van der Waals surface area contributed by atoms with Gasteiger partial charge in [-0.1, -0.05) is 16.9 Å². The van der Waals surface area contributed by atoms with Crippen LogP contribution >= 0.6 is 11.8 Å². The van der Waals surface area contributed by atoms with E-state index in [1.165, 1.54) is 23.9 Å². The summed E-state index contributed by atoms with van der Waals surface area (Å²) in [6.07, 6.45) is 0. The predicted octanol–water partition coefficient (Wildman–Crippen LogP) is 2.83. The molecule has 1 atom stereocenters. The number of amides is 1. The molecule has 0 bridgehead atoms. The molecule has 1 saturated heterocycles. The molecule has 170 valence electrons. The van der Waals surface area contributed by atoms with Gasteiger partial charge in [-0.15, -0.1) is 10.2 Å². The summed E-state index contributed by atoms with van der Waals surface area (Å²) < 4.78 is 25.9. The van der Waals surface area contributed by atoms with Crippen molar-refractivity contribution in [1.29, 1.82) is 0 Å². The summed E-state index contributed by atoms with van der Waals surface area (Å²) in [6.45, 7) is 8.17. The van der Waals surface area contributed by atoms with Crippen LogP contribution in [-0.2, 0) is 16.1 Å². The van der Waals surface area contributed by atoms with Crippen molar-refractivity contribution in [3.8, 4) is 11.4 Å². The number of ether oxygens (including phenoxy) is 1. The molecule has 11 heteroatoms. The summed E-state index contributed by atoms with van der Waals surface area (Å²) in [5.74, 6) is 0.410. The number of thioether (sulfide) groups is 1. The van der Waals surface area contributed by atoms with Crippen LogP contribution in [0.5, 0.6) is 0 Å². The van der Waals surface area contributed by atoms with Gasteiger partial charge in [0.1, 0.15) is 5.82 Å². The van der Waals surface area contributed by atoms with Crippen molar-refractivity contribution in [2.45, 2.75) is 30.8 Å². The highest BCUT2D eigenvalue weighted by Gasteiger charge is 2.22. The molecular formula is C21H25FN6O3S. The maximum Gasteiger partial charge on any atom is 0.240 e. The Balaban J connectivity index is 1.51. The first-order valence-electron chi connectivity index (χ1n) is 10.4. The molecule has 0 saturated carbocycles. The number of aryl methyl sites for hydroxylation is 1. The summed E-state index contributed by atoms with van der Waals surface area (Å²) in [6, 6.07) is 7.83. The number of nitrogens with zero attached hydrogens (tertiary/aromatic N) is 5. The van der Waals surface area contributed by atoms with Crippen molar-refractivity contribution >= 4 is 23.6 Å². The number of carbonyl (C=O) groups is 1. The largest absolute Gasteiger partial charge is 0.379 e. The molecule has 1 aliphatic heterocycles.